The first-order valence-electron chi connectivity index (χ1n) is 5.91. The van der Waals surface area contributed by atoms with Crippen molar-refractivity contribution in [2.75, 3.05) is 7.11 Å². The van der Waals surface area contributed by atoms with E-state index in [1.807, 2.05) is 6.92 Å². The van der Waals surface area contributed by atoms with Gasteiger partial charge >= 0.3 is 0 Å². The second-order valence-corrected chi connectivity index (χ2v) is 11.1. The first-order chi connectivity index (χ1) is 7.17. The molecule has 0 saturated carbocycles. The van der Waals surface area contributed by atoms with Gasteiger partial charge < -0.3 is 14.3 Å². The van der Waals surface area contributed by atoms with E-state index in [1.165, 1.54) is 5.54 Å². The lowest BCUT2D eigenvalue weighted by molar-refractivity contribution is -0.167. The molecule has 0 rings (SSSR count). The standard InChI is InChI=1S/C11H27O3Si2/c1-7-8-9(15)11(2,13-3)10(12)14-16(4,5)6/h10,12H,7-8H2,1-6,15H3. The van der Waals surface area contributed by atoms with Gasteiger partial charge in [-0.05, 0) is 38.5 Å². The number of aliphatic hydroxyl groups excluding tert-OH is 1. The first-order valence-corrected chi connectivity index (χ1v) is 10.3. The topological polar surface area (TPSA) is 38.7 Å². The van der Waals surface area contributed by atoms with Gasteiger partial charge in [-0.1, -0.05) is 13.3 Å². The van der Waals surface area contributed by atoms with Crippen molar-refractivity contribution in [2.24, 2.45) is 0 Å². The largest absolute Gasteiger partial charge is 0.391 e. The molecule has 0 aliphatic rings. The summed E-state index contributed by atoms with van der Waals surface area (Å²) >= 11 is 0. The van der Waals surface area contributed by atoms with Crippen LogP contribution >= 0.6 is 0 Å². The minimum absolute atomic E-state index is 0.636. The third kappa shape index (κ3) is 4.67. The smallest absolute Gasteiger partial charge is 0.187 e. The lowest BCUT2D eigenvalue weighted by Crippen LogP contribution is -2.51. The maximum Gasteiger partial charge on any atom is 0.187 e. The van der Waals surface area contributed by atoms with Crippen molar-refractivity contribution >= 4 is 18.6 Å². The molecule has 0 aromatic heterocycles. The highest BCUT2D eigenvalue weighted by Gasteiger charge is 2.41. The van der Waals surface area contributed by atoms with Crippen LogP contribution in [0.3, 0.4) is 0 Å². The molecule has 0 aromatic rings. The summed E-state index contributed by atoms with van der Waals surface area (Å²) in [6, 6.07) is 0. The molecule has 0 fully saturated rings. The van der Waals surface area contributed by atoms with Crippen molar-refractivity contribution in [1.82, 2.24) is 0 Å². The molecule has 0 bridgehead atoms. The van der Waals surface area contributed by atoms with Gasteiger partial charge in [-0.3, -0.25) is 0 Å². The van der Waals surface area contributed by atoms with Gasteiger partial charge in [0, 0.05) is 17.4 Å². The van der Waals surface area contributed by atoms with E-state index >= 15 is 0 Å². The zero-order valence-electron chi connectivity index (χ0n) is 11.8. The van der Waals surface area contributed by atoms with Crippen molar-refractivity contribution in [3.05, 3.63) is 5.54 Å². The predicted octanol–water partition coefficient (Wildman–Crippen LogP) is 1.26. The Bertz CT molecular complexity index is 206. The summed E-state index contributed by atoms with van der Waals surface area (Å²) in [5.74, 6) is 0. The van der Waals surface area contributed by atoms with Gasteiger partial charge in [0.15, 0.2) is 14.6 Å². The normalized spacial score (nSPS) is 18.8. The molecule has 16 heavy (non-hydrogen) atoms. The maximum atomic E-state index is 10.2. The number of methoxy groups -OCH3 is 1. The molecule has 0 amide bonds. The second kappa shape index (κ2) is 6.30. The SMILES string of the molecule is CCC[C]([SiH3])C(C)(OC)C(O)O[Si](C)(C)C. The fourth-order valence-electron chi connectivity index (χ4n) is 1.56. The van der Waals surface area contributed by atoms with Crippen LogP contribution in [-0.2, 0) is 9.16 Å². The summed E-state index contributed by atoms with van der Waals surface area (Å²) < 4.78 is 11.2. The molecule has 0 saturated heterocycles. The van der Waals surface area contributed by atoms with Crippen molar-refractivity contribution in [2.45, 2.75) is 58.2 Å². The monoisotopic (exact) mass is 263 g/mol. The Hall–Kier alpha value is 0.314. The van der Waals surface area contributed by atoms with E-state index in [9.17, 15) is 5.11 Å². The average molecular weight is 264 g/mol. The quantitative estimate of drug-likeness (QED) is 0.555. The highest BCUT2D eigenvalue weighted by molar-refractivity contribution is 6.69. The molecular weight excluding hydrogens is 236 g/mol. The van der Waals surface area contributed by atoms with Gasteiger partial charge in [0.05, 0.1) is 0 Å². The summed E-state index contributed by atoms with van der Waals surface area (Å²) in [6.45, 7) is 10.3. The van der Waals surface area contributed by atoms with Gasteiger partial charge in [-0.15, -0.1) is 0 Å². The zero-order valence-corrected chi connectivity index (χ0v) is 14.8. The molecule has 0 heterocycles. The Morgan fingerprint density at radius 3 is 2.25 bits per heavy atom. The number of ether oxygens (including phenoxy) is 1. The molecule has 0 aliphatic heterocycles. The lowest BCUT2D eigenvalue weighted by atomic mass is 9.97. The molecule has 1 N–H and O–H groups in total. The lowest BCUT2D eigenvalue weighted by Gasteiger charge is -2.40. The van der Waals surface area contributed by atoms with Gasteiger partial charge in [-0.25, -0.2) is 0 Å². The third-order valence-corrected chi connectivity index (χ3v) is 5.26. The number of aliphatic hydroxyl groups is 1. The van der Waals surface area contributed by atoms with E-state index in [0.717, 1.165) is 23.1 Å². The predicted molar refractivity (Wildman–Crippen MR) is 73.9 cm³/mol. The number of hydrogen-bond donors (Lipinski definition) is 1. The zero-order chi connectivity index (χ0) is 13.0. The second-order valence-electron chi connectivity index (χ2n) is 5.42. The Labute approximate surface area is 104 Å². The van der Waals surface area contributed by atoms with Gasteiger partial charge in [-0.2, -0.15) is 0 Å². The van der Waals surface area contributed by atoms with E-state index in [0.29, 0.717) is 0 Å². The summed E-state index contributed by atoms with van der Waals surface area (Å²) in [5.41, 5.74) is 0.631. The van der Waals surface area contributed by atoms with Gasteiger partial charge in [0.2, 0.25) is 0 Å². The minimum atomic E-state index is -1.74. The number of rotatable bonds is 7. The van der Waals surface area contributed by atoms with Crippen LogP contribution in [0.25, 0.3) is 0 Å². The molecule has 1 radical (unpaired) electrons. The molecule has 5 heteroatoms. The van der Waals surface area contributed by atoms with Gasteiger partial charge in [0.1, 0.15) is 5.60 Å². The molecular formula is C11H27O3Si2. The fraction of sp³-hybridized carbons (Fsp3) is 0.909. The molecule has 0 spiro atoms. The van der Waals surface area contributed by atoms with Crippen LogP contribution < -0.4 is 0 Å². The fourth-order valence-corrected chi connectivity index (χ4v) is 3.40. The van der Waals surface area contributed by atoms with Crippen molar-refractivity contribution in [3.63, 3.8) is 0 Å². The summed E-state index contributed by atoms with van der Waals surface area (Å²) in [7, 11) is 0.823. The van der Waals surface area contributed by atoms with Crippen molar-refractivity contribution in [1.29, 1.82) is 0 Å². The van der Waals surface area contributed by atoms with Crippen LogP contribution in [0.2, 0.25) is 19.6 Å². The molecule has 0 aromatic carbocycles. The first kappa shape index (κ1) is 16.3. The summed E-state index contributed by atoms with van der Waals surface area (Å²) in [4.78, 5) is 0. The Balaban J connectivity index is 4.67. The van der Waals surface area contributed by atoms with E-state index in [-0.39, 0.29) is 0 Å². The Morgan fingerprint density at radius 1 is 1.44 bits per heavy atom. The molecule has 3 nitrogen and oxygen atoms in total. The molecule has 0 aliphatic carbocycles. The highest BCUT2D eigenvalue weighted by Crippen LogP contribution is 2.30. The van der Waals surface area contributed by atoms with E-state index < -0.39 is 20.2 Å². The summed E-state index contributed by atoms with van der Waals surface area (Å²) in [6.07, 6.45) is 1.24. The average Bonchev–Trinajstić information content (AvgIpc) is 2.14. The van der Waals surface area contributed by atoms with Crippen molar-refractivity contribution < 1.29 is 14.3 Å². The van der Waals surface area contributed by atoms with E-state index in [4.69, 9.17) is 9.16 Å². The van der Waals surface area contributed by atoms with Crippen LogP contribution in [0.15, 0.2) is 0 Å². The molecule has 97 valence electrons. The summed E-state index contributed by atoms with van der Waals surface area (Å²) in [5, 5.41) is 10.2. The maximum absolute atomic E-state index is 10.2. The number of hydrogen-bond acceptors (Lipinski definition) is 3. The van der Waals surface area contributed by atoms with E-state index in [2.05, 4.69) is 26.6 Å². The van der Waals surface area contributed by atoms with Crippen LogP contribution in [0.4, 0.5) is 0 Å². The van der Waals surface area contributed by atoms with Gasteiger partial charge in [0.25, 0.3) is 0 Å². The molecule has 2 atom stereocenters. The van der Waals surface area contributed by atoms with Crippen LogP contribution in [0, 0.1) is 5.54 Å². The molecule has 2 unspecified atom stereocenters. The Kier molecular flexibility index (Phi) is 6.43. The highest BCUT2D eigenvalue weighted by atomic mass is 28.4. The van der Waals surface area contributed by atoms with Crippen LogP contribution in [-0.4, -0.2) is 42.7 Å². The third-order valence-electron chi connectivity index (χ3n) is 2.83. The van der Waals surface area contributed by atoms with Crippen molar-refractivity contribution in [3.8, 4) is 0 Å². The van der Waals surface area contributed by atoms with Crippen LogP contribution in [0.5, 0.6) is 0 Å². The van der Waals surface area contributed by atoms with E-state index in [1.54, 1.807) is 7.11 Å². The Morgan fingerprint density at radius 2 is 1.94 bits per heavy atom. The minimum Gasteiger partial charge on any atom is -0.391 e. The van der Waals surface area contributed by atoms with Crippen LogP contribution in [0.1, 0.15) is 26.7 Å².